The fraction of sp³-hybridized carbons (Fsp3) is 0.130. The van der Waals surface area contributed by atoms with Crippen LogP contribution in [0, 0.1) is 20.8 Å². The zero-order valence-corrected chi connectivity index (χ0v) is 16.9. The number of hydrogen-bond donors (Lipinski definition) is 1. The summed E-state index contributed by atoms with van der Waals surface area (Å²) in [5, 5.41) is 3.47. The monoisotopic (exact) mass is 387 g/mol. The molecule has 0 unspecified atom stereocenters. The topological polar surface area (TPSA) is 46.4 Å². The smallest absolute Gasteiger partial charge is 0.264 e. The molecule has 5 heteroatoms. The molecule has 4 rings (SSSR count). The van der Waals surface area contributed by atoms with Crippen LogP contribution in [0.15, 0.2) is 70.6 Å². The molecule has 0 spiro atoms. The van der Waals surface area contributed by atoms with Gasteiger partial charge in [-0.1, -0.05) is 30.3 Å². The Kier molecular flexibility index (Phi) is 4.92. The number of aromatic nitrogens is 1. The van der Waals surface area contributed by atoms with Gasteiger partial charge < -0.3 is 9.88 Å². The van der Waals surface area contributed by atoms with E-state index in [-0.39, 0.29) is 5.91 Å². The Hall–Kier alpha value is -3.05. The van der Waals surface area contributed by atoms with E-state index in [1.54, 1.807) is 0 Å². The number of para-hydroxylation sites is 1. The lowest BCUT2D eigenvalue weighted by atomic mass is 10.2. The Bertz CT molecular complexity index is 1110. The molecule has 1 saturated heterocycles. The number of hydrogen-bond acceptors (Lipinski definition) is 3. The van der Waals surface area contributed by atoms with Crippen LogP contribution in [0.25, 0.3) is 11.8 Å². The van der Waals surface area contributed by atoms with Gasteiger partial charge in [0.25, 0.3) is 5.91 Å². The SMILES string of the molecule is Cc1cccc(N=C2NC(=O)/C(=C/c3cc(C)n(-c4ccccc4)c3C)S2)c1. The van der Waals surface area contributed by atoms with E-state index in [9.17, 15) is 4.79 Å². The third-order valence-electron chi connectivity index (χ3n) is 4.65. The molecule has 1 N–H and O–H groups in total. The molecular weight excluding hydrogens is 366 g/mol. The third-order valence-corrected chi connectivity index (χ3v) is 5.56. The van der Waals surface area contributed by atoms with Gasteiger partial charge in [-0.05, 0) is 80.1 Å². The van der Waals surface area contributed by atoms with Crippen LogP contribution in [0.2, 0.25) is 0 Å². The van der Waals surface area contributed by atoms with Crippen molar-refractivity contribution in [3.8, 4) is 5.69 Å². The van der Waals surface area contributed by atoms with E-state index in [4.69, 9.17) is 0 Å². The van der Waals surface area contributed by atoms with Crippen LogP contribution in [0.5, 0.6) is 0 Å². The van der Waals surface area contributed by atoms with E-state index in [0.717, 1.165) is 33.9 Å². The lowest BCUT2D eigenvalue weighted by Crippen LogP contribution is -2.19. The Balaban J connectivity index is 1.64. The lowest BCUT2D eigenvalue weighted by molar-refractivity contribution is -0.115. The predicted molar refractivity (Wildman–Crippen MR) is 117 cm³/mol. The summed E-state index contributed by atoms with van der Waals surface area (Å²) < 4.78 is 2.20. The molecule has 2 heterocycles. The molecule has 1 amide bonds. The van der Waals surface area contributed by atoms with Crippen LogP contribution in [0.4, 0.5) is 5.69 Å². The van der Waals surface area contributed by atoms with Crippen molar-refractivity contribution in [2.75, 3.05) is 0 Å². The summed E-state index contributed by atoms with van der Waals surface area (Å²) in [7, 11) is 0. The molecule has 3 aromatic rings. The number of nitrogens with one attached hydrogen (secondary N) is 1. The number of rotatable bonds is 3. The highest BCUT2D eigenvalue weighted by Gasteiger charge is 2.24. The fourth-order valence-electron chi connectivity index (χ4n) is 3.34. The fourth-order valence-corrected chi connectivity index (χ4v) is 4.18. The van der Waals surface area contributed by atoms with Crippen molar-refractivity contribution < 1.29 is 4.79 Å². The number of thioether (sulfide) groups is 1. The van der Waals surface area contributed by atoms with Gasteiger partial charge in [0.2, 0.25) is 0 Å². The first-order chi connectivity index (χ1) is 13.5. The quantitative estimate of drug-likeness (QED) is 0.620. The summed E-state index contributed by atoms with van der Waals surface area (Å²) in [6.45, 7) is 6.18. The summed E-state index contributed by atoms with van der Waals surface area (Å²) in [5.41, 5.74) is 6.37. The Morgan fingerprint density at radius 2 is 1.79 bits per heavy atom. The van der Waals surface area contributed by atoms with Crippen LogP contribution in [-0.2, 0) is 4.79 Å². The highest BCUT2D eigenvalue weighted by molar-refractivity contribution is 8.18. The number of carbonyl (C=O) groups excluding carboxylic acids is 1. The van der Waals surface area contributed by atoms with Crippen molar-refractivity contribution in [3.05, 3.63) is 88.1 Å². The Morgan fingerprint density at radius 1 is 1.00 bits per heavy atom. The van der Waals surface area contributed by atoms with Gasteiger partial charge in [-0.2, -0.15) is 0 Å². The van der Waals surface area contributed by atoms with Gasteiger partial charge >= 0.3 is 0 Å². The molecule has 1 aliphatic heterocycles. The van der Waals surface area contributed by atoms with Crippen LogP contribution in [0.1, 0.15) is 22.5 Å². The van der Waals surface area contributed by atoms with Gasteiger partial charge in [-0.15, -0.1) is 0 Å². The molecular formula is C23H21N3OS. The van der Waals surface area contributed by atoms with E-state index in [2.05, 4.69) is 46.9 Å². The van der Waals surface area contributed by atoms with Crippen molar-refractivity contribution in [2.24, 2.45) is 4.99 Å². The van der Waals surface area contributed by atoms with E-state index in [0.29, 0.717) is 10.1 Å². The normalized spacial score (nSPS) is 16.8. The van der Waals surface area contributed by atoms with Crippen LogP contribution >= 0.6 is 11.8 Å². The maximum atomic E-state index is 12.4. The highest BCUT2D eigenvalue weighted by Crippen LogP contribution is 2.30. The minimum absolute atomic E-state index is 0.110. The molecule has 140 valence electrons. The molecule has 4 nitrogen and oxygen atoms in total. The van der Waals surface area contributed by atoms with Crippen LogP contribution in [-0.4, -0.2) is 15.6 Å². The maximum Gasteiger partial charge on any atom is 0.264 e. The first kappa shape index (κ1) is 18.3. The van der Waals surface area contributed by atoms with Gasteiger partial charge in [0, 0.05) is 17.1 Å². The number of amides is 1. The number of nitrogens with zero attached hydrogens (tertiary/aromatic N) is 2. The standard InChI is InChI=1S/C23H21N3OS/c1-15-8-7-9-19(12-15)24-23-25-22(27)21(28-23)14-18-13-16(2)26(17(18)3)20-10-5-4-6-11-20/h4-14H,1-3H3,(H,24,25,27)/b21-14-. The van der Waals surface area contributed by atoms with Crippen molar-refractivity contribution >= 4 is 34.6 Å². The molecule has 1 aromatic heterocycles. The largest absolute Gasteiger partial charge is 0.318 e. The first-order valence-corrected chi connectivity index (χ1v) is 9.93. The Morgan fingerprint density at radius 3 is 2.54 bits per heavy atom. The van der Waals surface area contributed by atoms with Gasteiger partial charge in [-0.3, -0.25) is 4.79 Å². The molecule has 2 aromatic carbocycles. The second-order valence-corrected chi connectivity index (χ2v) is 7.85. The van der Waals surface area contributed by atoms with Gasteiger partial charge in [0.05, 0.1) is 10.6 Å². The zero-order valence-electron chi connectivity index (χ0n) is 16.1. The molecule has 0 bridgehead atoms. The average molecular weight is 388 g/mol. The third kappa shape index (κ3) is 3.66. The summed E-state index contributed by atoms with van der Waals surface area (Å²) >= 11 is 1.38. The van der Waals surface area contributed by atoms with Gasteiger partial charge in [0.1, 0.15) is 0 Å². The molecule has 1 fully saturated rings. The predicted octanol–water partition coefficient (Wildman–Crippen LogP) is 5.29. The molecule has 0 aliphatic carbocycles. The second kappa shape index (κ2) is 7.52. The molecule has 0 saturated carbocycles. The minimum Gasteiger partial charge on any atom is -0.318 e. The minimum atomic E-state index is -0.110. The number of carbonyl (C=O) groups is 1. The van der Waals surface area contributed by atoms with E-state index in [1.165, 1.54) is 11.8 Å². The zero-order chi connectivity index (χ0) is 19.7. The van der Waals surface area contributed by atoms with Crippen molar-refractivity contribution in [2.45, 2.75) is 20.8 Å². The van der Waals surface area contributed by atoms with Crippen LogP contribution < -0.4 is 5.32 Å². The molecule has 1 aliphatic rings. The molecule has 0 radical (unpaired) electrons. The number of aliphatic imine (C=N–C) groups is 1. The lowest BCUT2D eigenvalue weighted by Gasteiger charge is -2.09. The molecule has 0 atom stereocenters. The van der Waals surface area contributed by atoms with Gasteiger partial charge in [-0.25, -0.2) is 4.99 Å². The van der Waals surface area contributed by atoms with E-state index >= 15 is 0 Å². The van der Waals surface area contributed by atoms with E-state index in [1.807, 2.05) is 55.5 Å². The number of aryl methyl sites for hydroxylation is 2. The van der Waals surface area contributed by atoms with Crippen molar-refractivity contribution in [1.29, 1.82) is 0 Å². The van der Waals surface area contributed by atoms with Crippen molar-refractivity contribution in [1.82, 2.24) is 9.88 Å². The summed E-state index contributed by atoms with van der Waals surface area (Å²) in [6.07, 6.45) is 1.94. The first-order valence-electron chi connectivity index (χ1n) is 9.12. The summed E-state index contributed by atoms with van der Waals surface area (Å²) in [5.74, 6) is -0.110. The number of amidine groups is 1. The Labute approximate surface area is 169 Å². The van der Waals surface area contributed by atoms with E-state index < -0.39 is 0 Å². The summed E-state index contributed by atoms with van der Waals surface area (Å²) in [6, 6.07) is 20.3. The average Bonchev–Trinajstić information content (AvgIpc) is 3.14. The highest BCUT2D eigenvalue weighted by atomic mass is 32.2. The van der Waals surface area contributed by atoms with Crippen LogP contribution in [0.3, 0.4) is 0 Å². The summed E-state index contributed by atoms with van der Waals surface area (Å²) in [4.78, 5) is 17.6. The van der Waals surface area contributed by atoms with Gasteiger partial charge in [0.15, 0.2) is 5.17 Å². The van der Waals surface area contributed by atoms with Crippen molar-refractivity contribution in [3.63, 3.8) is 0 Å². The molecule has 28 heavy (non-hydrogen) atoms. The number of benzene rings is 2. The maximum absolute atomic E-state index is 12.4. The second-order valence-electron chi connectivity index (χ2n) is 6.82.